The maximum atomic E-state index is 14.7. The van der Waals surface area contributed by atoms with Crippen molar-refractivity contribution in [1.29, 1.82) is 0 Å². The lowest BCUT2D eigenvalue weighted by Crippen LogP contribution is -2.63. The minimum Gasteiger partial charge on any atom is -0.510 e. The number of phenols is 1. The van der Waals surface area contributed by atoms with Gasteiger partial charge in [0, 0.05) is 24.1 Å². The van der Waals surface area contributed by atoms with Crippen LogP contribution in [-0.2, 0) is 28.7 Å². The quantitative estimate of drug-likeness (QED) is 0.298. The van der Waals surface area contributed by atoms with Gasteiger partial charge in [-0.05, 0) is 69.9 Å². The monoisotopic (exact) mass is 595 g/mol. The molecule has 0 saturated heterocycles. The van der Waals surface area contributed by atoms with Crippen LogP contribution in [-0.4, -0.2) is 86.0 Å². The summed E-state index contributed by atoms with van der Waals surface area (Å²) in [5.74, 6) is -9.00. The summed E-state index contributed by atoms with van der Waals surface area (Å²) < 4.78 is 44.1. The fraction of sp³-hybridized carbons (Fsp3) is 0.552. The number of aliphatic hydroxyl groups is 3. The summed E-state index contributed by atoms with van der Waals surface area (Å²) in [4.78, 5) is 42.4. The number of phenolic OH excluding ortho intramolecular Hbond substituents is 1. The number of Topliss-reactive ketones (excluding diaryl/α,β-unsaturated/α-hetero) is 2. The summed E-state index contributed by atoms with van der Waals surface area (Å²) in [7, 11) is 2.94. The van der Waals surface area contributed by atoms with E-state index in [4.69, 9.17) is 5.73 Å². The minimum absolute atomic E-state index is 0.0590. The number of aromatic hydroxyl groups is 1. The minimum atomic E-state index is -4.90. The number of aliphatic hydroxyl groups excluding tert-OH is 2. The molecule has 6 N–H and O–H groups in total. The van der Waals surface area contributed by atoms with Crippen LogP contribution in [0.25, 0.3) is 0 Å². The summed E-state index contributed by atoms with van der Waals surface area (Å²) in [6, 6.07) is -0.398. The molecule has 0 spiro atoms. The van der Waals surface area contributed by atoms with Gasteiger partial charge >= 0.3 is 6.18 Å². The number of allylic oxidation sites excluding steroid dienone is 1. The lowest BCUT2D eigenvalue weighted by atomic mass is 9.58. The first-order valence-corrected chi connectivity index (χ1v) is 13.8. The van der Waals surface area contributed by atoms with Gasteiger partial charge in [-0.1, -0.05) is 13.8 Å². The lowest BCUT2D eigenvalue weighted by molar-refractivity contribution is -0.148. The maximum Gasteiger partial charge on any atom is 0.417 e. The second-order valence-electron chi connectivity index (χ2n) is 11.6. The topological polar surface area (TPSA) is 165 Å². The van der Waals surface area contributed by atoms with Crippen molar-refractivity contribution < 1.29 is 48.0 Å². The molecule has 1 aromatic rings. The van der Waals surface area contributed by atoms with E-state index in [1.807, 2.05) is 25.7 Å². The SMILES string of the molecule is CC[C@H](C)N(CC)Cc1cc(O)c2c(c1C(F)(F)F)C[C@H]1C[C@H]3[C@H](N(C)C)C(O)=C(C(N)=O)C(=O)[C@@]3(O)C(O)=C1C2=O. The number of benzene rings is 1. The number of nitrogens with two attached hydrogens (primary N) is 1. The van der Waals surface area contributed by atoms with Crippen molar-refractivity contribution in [3.8, 4) is 5.75 Å². The number of amides is 1. The fourth-order valence-corrected chi connectivity index (χ4v) is 6.92. The molecule has 0 unspecified atom stereocenters. The molecular weight excluding hydrogens is 559 g/mol. The first kappa shape index (κ1) is 31.5. The molecule has 0 heterocycles. The fourth-order valence-electron chi connectivity index (χ4n) is 6.92. The van der Waals surface area contributed by atoms with Crippen molar-refractivity contribution in [2.24, 2.45) is 17.6 Å². The normalized spacial score (nSPS) is 26.9. The Morgan fingerprint density at radius 1 is 1.19 bits per heavy atom. The van der Waals surface area contributed by atoms with Gasteiger partial charge in [0.15, 0.2) is 11.4 Å². The Morgan fingerprint density at radius 2 is 1.81 bits per heavy atom. The van der Waals surface area contributed by atoms with Gasteiger partial charge in [0.2, 0.25) is 5.78 Å². The van der Waals surface area contributed by atoms with E-state index in [-0.39, 0.29) is 24.6 Å². The Balaban J connectivity index is 1.96. The van der Waals surface area contributed by atoms with Crippen LogP contribution in [0.1, 0.15) is 60.7 Å². The average molecular weight is 596 g/mol. The number of nitrogens with zero attached hydrogens (tertiary/aromatic N) is 2. The van der Waals surface area contributed by atoms with E-state index >= 15 is 0 Å². The molecule has 0 fully saturated rings. The third kappa shape index (κ3) is 4.58. The molecule has 230 valence electrons. The second-order valence-corrected chi connectivity index (χ2v) is 11.6. The highest BCUT2D eigenvalue weighted by molar-refractivity contribution is 6.24. The number of likely N-dealkylation sites (N-methyl/N-ethyl adjacent to an activating group) is 1. The number of hydrogen-bond donors (Lipinski definition) is 5. The van der Waals surface area contributed by atoms with Crippen molar-refractivity contribution in [2.75, 3.05) is 20.6 Å². The molecule has 13 heteroatoms. The first-order chi connectivity index (χ1) is 19.4. The van der Waals surface area contributed by atoms with Crippen molar-refractivity contribution in [3.05, 3.63) is 51.0 Å². The maximum absolute atomic E-state index is 14.7. The number of fused-ring (bicyclic) bond motifs is 3. The van der Waals surface area contributed by atoms with Gasteiger partial charge in [-0.3, -0.25) is 24.2 Å². The van der Waals surface area contributed by atoms with Crippen LogP contribution < -0.4 is 5.73 Å². The van der Waals surface area contributed by atoms with E-state index in [2.05, 4.69) is 0 Å². The van der Waals surface area contributed by atoms with Crippen LogP contribution >= 0.6 is 0 Å². The van der Waals surface area contributed by atoms with Crippen molar-refractivity contribution in [1.82, 2.24) is 9.80 Å². The van der Waals surface area contributed by atoms with E-state index in [0.29, 0.717) is 13.0 Å². The molecule has 0 radical (unpaired) electrons. The van der Waals surface area contributed by atoms with E-state index in [1.54, 1.807) is 0 Å². The second kappa shape index (κ2) is 10.7. The largest absolute Gasteiger partial charge is 0.510 e. The van der Waals surface area contributed by atoms with Gasteiger partial charge in [0.1, 0.15) is 22.8 Å². The number of rotatable bonds is 7. The molecule has 0 aromatic heterocycles. The predicted molar refractivity (Wildman–Crippen MR) is 145 cm³/mol. The molecule has 4 rings (SSSR count). The average Bonchev–Trinajstić information content (AvgIpc) is 2.87. The molecule has 0 saturated carbocycles. The number of halogens is 3. The zero-order chi connectivity index (χ0) is 31.6. The van der Waals surface area contributed by atoms with E-state index in [1.165, 1.54) is 19.0 Å². The van der Waals surface area contributed by atoms with Crippen LogP contribution in [0.2, 0.25) is 0 Å². The highest BCUT2D eigenvalue weighted by Crippen LogP contribution is 2.54. The van der Waals surface area contributed by atoms with Crippen LogP contribution in [0.15, 0.2) is 28.7 Å². The number of carbonyl (C=O) groups excluding carboxylic acids is 3. The number of carbonyl (C=O) groups is 3. The third-order valence-corrected chi connectivity index (χ3v) is 9.08. The summed E-state index contributed by atoms with van der Waals surface area (Å²) in [6.07, 6.45) is -4.97. The van der Waals surface area contributed by atoms with Gasteiger partial charge in [-0.15, -0.1) is 0 Å². The Hall–Kier alpha value is -3.42. The smallest absolute Gasteiger partial charge is 0.417 e. The van der Waals surface area contributed by atoms with E-state index in [0.717, 1.165) is 6.07 Å². The highest BCUT2D eigenvalue weighted by atomic mass is 19.4. The summed E-state index contributed by atoms with van der Waals surface area (Å²) in [6.45, 7) is 5.90. The van der Waals surface area contributed by atoms with E-state index < -0.39 is 98.7 Å². The molecular formula is C29H36F3N3O7. The van der Waals surface area contributed by atoms with Gasteiger partial charge < -0.3 is 26.2 Å². The highest BCUT2D eigenvalue weighted by Gasteiger charge is 2.63. The predicted octanol–water partition coefficient (Wildman–Crippen LogP) is 2.76. The molecule has 1 aromatic carbocycles. The zero-order valence-corrected chi connectivity index (χ0v) is 24.0. The van der Waals surface area contributed by atoms with Crippen LogP contribution in [0.5, 0.6) is 5.75 Å². The molecule has 1 amide bonds. The number of hydrogen-bond acceptors (Lipinski definition) is 9. The third-order valence-electron chi connectivity index (χ3n) is 9.08. The molecule has 5 atom stereocenters. The Labute approximate surface area is 240 Å². The van der Waals surface area contributed by atoms with Gasteiger partial charge in [0.05, 0.1) is 17.2 Å². The zero-order valence-electron chi connectivity index (χ0n) is 24.0. The number of ketones is 2. The first-order valence-electron chi connectivity index (χ1n) is 13.8. The van der Waals surface area contributed by atoms with Crippen LogP contribution in [0.4, 0.5) is 13.2 Å². The van der Waals surface area contributed by atoms with E-state index in [9.17, 15) is 48.0 Å². The molecule has 0 bridgehead atoms. The number of alkyl halides is 3. The summed E-state index contributed by atoms with van der Waals surface area (Å²) >= 11 is 0. The van der Waals surface area contributed by atoms with Crippen molar-refractivity contribution in [2.45, 2.75) is 70.4 Å². The molecule has 42 heavy (non-hydrogen) atoms. The lowest BCUT2D eigenvalue weighted by Gasteiger charge is -2.50. The molecule has 10 nitrogen and oxygen atoms in total. The van der Waals surface area contributed by atoms with Crippen LogP contribution in [0.3, 0.4) is 0 Å². The van der Waals surface area contributed by atoms with Crippen molar-refractivity contribution >= 4 is 17.5 Å². The van der Waals surface area contributed by atoms with Gasteiger partial charge in [-0.2, -0.15) is 13.2 Å². The molecule has 3 aliphatic rings. The number of primary amides is 1. The molecule has 3 aliphatic carbocycles. The molecule has 0 aliphatic heterocycles. The van der Waals surface area contributed by atoms with Crippen molar-refractivity contribution in [3.63, 3.8) is 0 Å². The summed E-state index contributed by atoms with van der Waals surface area (Å²) in [5, 5.41) is 44.7. The Morgan fingerprint density at radius 3 is 2.31 bits per heavy atom. The van der Waals surface area contributed by atoms with Gasteiger partial charge in [0.25, 0.3) is 5.91 Å². The van der Waals surface area contributed by atoms with Crippen LogP contribution in [0, 0.1) is 11.8 Å². The van der Waals surface area contributed by atoms with Gasteiger partial charge in [-0.25, -0.2) is 0 Å². The summed E-state index contributed by atoms with van der Waals surface area (Å²) in [5.41, 5.74) is -1.39. The standard InChI is InChI=1S/C29H36F3N3O7/c1-6-12(3)35(7-2)11-14-10-17(36)19-15(21(14)29(30,31)32)8-13-9-16-22(34(4)5)24(38)20(27(33)41)26(40)28(16,42)25(39)18(13)23(19)37/h10,12-13,16,22,36,38-39,42H,6-9,11H2,1-5H3,(H2,33,41)/t12-,13-,16-,22-,28-/m0/s1. The Bertz CT molecular complexity index is 1420. The Kier molecular flexibility index (Phi) is 8.02.